The third-order valence-electron chi connectivity index (χ3n) is 1.34. The molecule has 1 aromatic rings. The van der Waals surface area contributed by atoms with Crippen LogP contribution >= 0.6 is 0 Å². The van der Waals surface area contributed by atoms with Gasteiger partial charge < -0.3 is 0 Å². The molecule has 1 unspecified atom stereocenters. The molecule has 0 saturated carbocycles. The Hall–Kier alpha value is -0.890. The van der Waals surface area contributed by atoms with Crippen LogP contribution in [0, 0.1) is 6.92 Å². The van der Waals surface area contributed by atoms with E-state index in [1.165, 1.54) is 12.1 Å². The van der Waals surface area contributed by atoms with Gasteiger partial charge in [0, 0.05) is 5.56 Å². The van der Waals surface area contributed by atoms with Gasteiger partial charge in [-0.25, -0.2) is 4.39 Å². The topological polar surface area (TPSA) is 19.9 Å². The van der Waals surface area contributed by atoms with Gasteiger partial charge in [-0.15, -0.1) is 0 Å². The van der Waals surface area contributed by atoms with Crippen LogP contribution in [-0.2, 0) is 5.11 Å². The smallest absolute Gasteiger partial charge is 0.207 e. The lowest BCUT2D eigenvalue weighted by Gasteiger charge is -1.97. The summed E-state index contributed by atoms with van der Waals surface area (Å²) in [6.45, 7) is 1.89. The summed E-state index contributed by atoms with van der Waals surface area (Å²) in [5.41, 5.74) is 1.23. The van der Waals surface area contributed by atoms with Crippen LogP contribution in [0.25, 0.3) is 0 Å². The lowest BCUT2D eigenvalue weighted by Crippen LogP contribution is -1.85. The average Bonchev–Trinajstić information content (AvgIpc) is 1.88. The van der Waals surface area contributed by atoms with Crippen LogP contribution in [0.15, 0.2) is 24.3 Å². The number of hydrogen-bond donors (Lipinski definition) is 0. The third kappa shape index (κ3) is 1.54. The molecule has 0 heterocycles. The number of alkyl halides is 1. The highest BCUT2D eigenvalue weighted by molar-refractivity contribution is 5.21. The zero-order valence-corrected chi connectivity index (χ0v) is 5.67. The summed E-state index contributed by atoms with van der Waals surface area (Å²) in [5, 5.41) is 10.2. The normalized spacial score (nSPS) is 13.1. The summed E-state index contributed by atoms with van der Waals surface area (Å²) >= 11 is 0. The Labute approximate surface area is 59.1 Å². The Morgan fingerprint density at radius 3 is 2.20 bits per heavy atom. The highest BCUT2D eigenvalue weighted by Gasteiger charge is 2.03. The number of rotatable bonds is 1. The van der Waals surface area contributed by atoms with E-state index in [9.17, 15) is 9.50 Å². The van der Waals surface area contributed by atoms with E-state index in [2.05, 4.69) is 0 Å². The molecule has 0 aliphatic carbocycles. The maximum Gasteiger partial charge on any atom is 0.256 e. The quantitative estimate of drug-likeness (QED) is 0.569. The van der Waals surface area contributed by atoms with Crippen molar-refractivity contribution in [3.63, 3.8) is 0 Å². The fraction of sp³-hybridized carbons (Fsp3) is 0.250. The Bertz CT molecular complexity index is 203. The fourth-order valence-electron chi connectivity index (χ4n) is 0.718. The molecule has 0 spiro atoms. The first-order valence-electron chi connectivity index (χ1n) is 3.06. The standard InChI is InChI=1S/C8H8FO/c1-6-2-4-7(5-3-6)8(9)10/h2-5,8H,1H3. The molecular formula is C8H8FO. The third-order valence-corrected chi connectivity index (χ3v) is 1.34. The van der Waals surface area contributed by atoms with E-state index in [1.54, 1.807) is 12.1 Å². The molecule has 10 heavy (non-hydrogen) atoms. The van der Waals surface area contributed by atoms with Crippen molar-refractivity contribution < 1.29 is 9.50 Å². The van der Waals surface area contributed by atoms with Crippen LogP contribution in [0.3, 0.4) is 0 Å². The van der Waals surface area contributed by atoms with Gasteiger partial charge in [0.25, 0.3) is 6.36 Å². The van der Waals surface area contributed by atoms with Crippen molar-refractivity contribution >= 4 is 0 Å². The zero-order valence-electron chi connectivity index (χ0n) is 5.67. The molecule has 0 saturated heterocycles. The molecule has 0 fully saturated rings. The molecule has 2 heteroatoms. The van der Waals surface area contributed by atoms with Crippen molar-refractivity contribution in [1.29, 1.82) is 0 Å². The molecule has 53 valence electrons. The van der Waals surface area contributed by atoms with Gasteiger partial charge in [-0.3, -0.25) is 0 Å². The average molecular weight is 139 g/mol. The highest BCUT2D eigenvalue weighted by atomic mass is 19.1. The van der Waals surface area contributed by atoms with Crippen molar-refractivity contribution in [2.24, 2.45) is 0 Å². The van der Waals surface area contributed by atoms with Gasteiger partial charge in [-0.05, 0) is 6.92 Å². The van der Waals surface area contributed by atoms with Gasteiger partial charge >= 0.3 is 0 Å². The maximum atomic E-state index is 12.0. The van der Waals surface area contributed by atoms with Gasteiger partial charge in [-0.1, -0.05) is 29.8 Å². The molecule has 0 aliphatic rings. The number of aryl methyl sites for hydroxylation is 1. The second-order valence-electron chi connectivity index (χ2n) is 2.23. The van der Waals surface area contributed by atoms with Gasteiger partial charge in [0.05, 0.1) is 0 Å². The molecule has 0 N–H and O–H groups in total. The van der Waals surface area contributed by atoms with Crippen LogP contribution < -0.4 is 0 Å². The first-order chi connectivity index (χ1) is 4.70. The molecule has 1 atom stereocenters. The molecule has 0 amide bonds. The number of benzene rings is 1. The predicted octanol–water partition coefficient (Wildman–Crippen LogP) is 2.39. The van der Waals surface area contributed by atoms with E-state index in [1.807, 2.05) is 6.92 Å². The Morgan fingerprint density at radius 1 is 1.30 bits per heavy atom. The van der Waals surface area contributed by atoms with E-state index >= 15 is 0 Å². The van der Waals surface area contributed by atoms with Gasteiger partial charge in [-0.2, -0.15) is 5.11 Å². The van der Waals surface area contributed by atoms with Gasteiger partial charge in [0.2, 0.25) is 0 Å². The van der Waals surface area contributed by atoms with E-state index < -0.39 is 6.36 Å². The Morgan fingerprint density at radius 2 is 1.80 bits per heavy atom. The van der Waals surface area contributed by atoms with Crippen molar-refractivity contribution in [3.8, 4) is 0 Å². The van der Waals surface area contributed by atoms with Gasteiger partial charge in [0.1, 0.15) is 0 Å². The fourth-order valence-corrected chi connectivity index (χ4v) is 0.718. The van der Waals surface area contributed by atoms with Crippen molar-refractivity contribution in [2.75, 3.05) is 0 Å². The molecule has 0 aliphatic heterocycles. The summed E-state index contributed by atoms with van der Waals surface area (Å²) in [6, 6.07) is 6.46. The Kier molecular flexibility index (Phi) is 2.02. The molecular weight excluding hydrogens is 131 g/mol. The van der Waals surface area contributed by atoms with Crippen LogP contribution in [0.2, 0.25) is 0 Å². The molecule has 1 rings (SSSR count). The summed E-state index contributed by atoms with van der Waals surface area (Å²) in [6.07, 6.45) is -2.10. The minimum absolute atomic E-state index is 0.200. The van der Waals surface area contributed by atoms with Crippen LogP contribution in [-0.4, -0.2) is 0 Å². The van der Waals surface area contributed by atoms with E-state index in [0.717, 1.165) is 5.56 Å². The van der Waals surface area contributed by atoms with E-state index in [0.29, 0.717) is 0 Å². The lowest BCUT2D eigenvalue weighted by molar-refractivity contribution is -0.0247. The second-order valence-corrected chi connectivity index (χ2v) is 2.23. The molecule has 0 aromatic heterocycles. The van der Waals surface area contributed by atoms with Crippen molar-refractivity contribution in [3.05, 3.63) is 35.4 Å². The van der Waals surface area contributed by atoms with Crippen molar-refractivity contribution in [2.45, 2.75) is 13.3 Å². The predicted molar refractivity (Wildman–Crippen MR) is 35.7 cm³/mol. The summed E-state index contributed by atoms with van der Waals surface area (Å²) in [5.74, 6) is 0. The zero-order chi connectivity index (χ0) is 7.56. The first kappa shape index (κ1) is 7.22. The molecule has 1 radical (unpaired) electrons. The molecule has 1 aromatic carbocycles. The molecule has 1 nitrogen and oxygen atoms in total. The van der Waals surface area contributed by atoms with Gasteiger partial charge in [0.15, 0.2) is 0 Å². The SMILES string of the molecule is Cc1ccc(C([O])F)cc1. The maximum absolute atomic E-state index is 12.0. The minimum atomic E-state index is -2.10. The van der Waals surface area contributed by atoms with Crippen LogP contribution in [0.4, 0.5) is 4.39 Å². The second kappa shape index (κ2) is 2.80. The van der Waals surface area contributed by atoms with E-state index in [-0.39, 0.29) is 5.56 Å². The summed E-state index contributed by atoms with van der Waals surface area (Å²) in [7, 11) is 0. The van der Waals surface area contributed by atoms with Crippen LogP contribution in [0.1, 0.15) is 17.5 Å². The minimum Gasteiger partial charge on any atom is -0.207 e. The Balaban J connectivity index is 2.89. The number of hydrogen-bond acceptors (Lipinski definition) is 0. The number of halogens is 1. The summed E-state index contributed by atoms with van der Waals surface area (Å²) < 4.78 is 12.0. The van der Waals surface area contributed by atoms with Crippen molar-refractivity contribution in [1.82, 2.24) is 0 Å². The summed E-state index contributed by atoms with van der Waals surface area (Å²) in [4.78, 5) is 0. The molecule has 0 bridgehead atoms. The van der Waals surface area contributed by atoms with E-state index in [4.69, 9.17) is 0 Å². The monoisotopic (exact) mass is 139 g/mol. The van der Waals surface area contributed by atoms with Crippen LogP contribution in [0.5, 0.6) is 0 Å². The largest absolute Gasteiger partial charge is 0.256 e. The first-order valence-corrected chi connectivity index (χ1v) is 3.06. The lowest BCUT2D eigenvalue weighted by atomic mass is 10.1. The highest BCUT2D eigenvalue weighted by Crippen LogP contribution is 2.14.